The second-order valence-electron chi connectivity index (χ2n) is 6.48. The molecule has 0 bridgehead atoms. The summed E-state index contributed by atoms with van der Waals surface area (Å²) in [6.45, 7) is 2.53. The summed E-state index contributed by atoms with van der Waals surface area (Å²) in [5, 5.41) is 2.98. The average Bonchev–Trinajstić information content (AvgIpc) is 3.40. The van der Waals surface area contributed by atoms with Crippen LogP contribution in [0, 0.1) is 6.92 Å². The molecule has 0 atom stereocenters. The Morgan fingerprint density at radius 1 is 1.12 bits per heavy atom. The first-order chi connectivity index (χ1) is 12.2. The third-order valence-electron chi connectivity index (χ3n) is 4.54. The van der Waals surface area contributed by atoms with Gasteiger partial charge < -0.3 is 9.73 Å². The molecule has 2 aromatic carbocycles. The van der Waals surface area contributed by atoms with Gasteiger partial charge in [-0.05, 0) is 43.0 Å². The zero-order valence-electron chi connectivity index (χ0n) is 14.2. The first-order valence-electron chi connectivity index (χ1n) is 8.61. The largest absolute Gasteiger partial charge is 0.440 e. The summed E-state index contributed by atoms with van der Waals surface area (Å²) in [5.74, 6) is 1.39. The Hall–Kier alpha value is -2.88. The van der Waals surface area contributed by atoms with E-state index in [1.165, 1.54) is 0 Å². The minimum Gasteiger partial charge on any atom is -0.440 e. The molecule has 1 aromatic heterocycles. The van der Waals surface area contributed by atoms with Crippen LogP contribution in [0.4, 0.5) is 0 Å². The van der Waals surface area contributed by atoms with E-state index in [-0.39, 0.29) is 5.91 Å². The van der Waals surface area contributed by atoms with Gasteiger partial charge in [0.2, 0.25) is 5.89 Å². The number of carbonyl (C=O) groups excluding carboxylic acids is 1. The molecule has 1 fully saturated rings. The molecule has 0 aliphatic heterocycles. The van der Waals surface area contributed by atoms with Gasteiger partial charge in [-0.3, -0.25) is 4.79 Å². The van der Waals surface area contributed by atoms with Gasteiger partial charge in [0.15, 0.2) is 5.69 Å². The van der Waals surface area contributed by atoms with Crippen molar-refractivity contribution in [3.05, 3.63) is 77.2 Å². The summed E-state index contributed by atoms with van der Waals surface area (Å²) in [6, 6.07) is 17.8. The standard InChI is InChI=1S/C21H20N2O2/c1-14-7-5-6-10-17(14)13-22-20(24)18-19(15-11-12-15)25-21(23-18)16-8-3-2-4-9-16/h2-10,15H,11-13H2,1H3,(H,22,24). The minimum absolute atomic E-state index is 0.170. The third kappa shape index (κ3) is 3.33. The van der Waals surface area contributed by atoms with Gasteiger partial charge in [0.25, 0.3) is 5.91 Å². The molecule has 1 aliphatic rings. The first-order valence-corrected chi connectivity index (χ1v) is 8.61. The summed E-state index contributed by atoms with van der Waals surface area (Å²) in [4.78, 5) is 17.2. The van der Waals surface area contributed by atoms with E-state index >= 15 is 0 Å². The zero-order chi connectivity index (χ0) is 17.2. The smallest absolute Gasteiger partial charge is 0.273 e. The SMILES string of the molecule is Cc1ccccc1CNC(=O)c1nc(-c2ccccc2)oc1C1CC1. The molecule has 3 aromatic rings. The number of nitrogens with one attached hydrogen (secondary N) is 1. The van der Waals surface area contributed by atoms with E-state index in [4.69, 9.17) is 4.42 Å². The molecule has 1 saturated carbocycles. The molecule has 0 radical (unpaired) electrons. The van der Waals surface area contributed by atoms with Gasteiger partial charge in [0, 0.05) is 18.0 Å². The molecule has 4 rings (SSSR count). The normalized spacial score (nSPS) is 13.6. The Balaban J connectivity index is 1.57. The van der Waals surface area contributed by atoms with Crippen molar-refractivity contribution in [2.45, 2.75) is 32.2 Å². The number of benzene rings is 2. The number of hydrogen-bond donors (Lipinski definition) is 1. The highest BCUT2D eigenvalue weighted by Crippen LogP contribution is 2.43. The topological polar surface area (TPSA) is 55.1 Å². The highest BCUT2D eigenvalue weighted by atomic mass is 16.4. The fourth-order valence-corrected chi connectivity index (χ4v) is 2.89. The van der Waals surface area contributed by atoms with E-state index in [0.717, 1.165) is 35.3 Å². The first kappa shape index (κ1) is 15.6. The van der Waals surface area contributed by atoms with Crippen LogP contribution in [0.5, 0.6) is 0 Å². The molecule has 0 unspecified atom stereocenters. The predicted molar refractivity (Wildman–Crippen MR) is 96.3 cm³/mol. The molecule has 4 heteroatoms. The second-order valence-corrected chi connectivity index (χ2v) is 6.48. The lowest BCUT2D eigenvalue weighted by Crippen LogP contribution is -2.24. The number of hydrogen-bond acceptors (Lipinski definition) is 3. The van der Waals surface area contributed by atoms with E-state index in [1.54, 1.807) is 0 Å². The second kappa shape index (κ2) is 6.55. The molecule has 0 saturated heterocycles. The number of aromatic nitrogens is 1. The minimum atomic E-state index is -0.170. The molecular weight excluding hydrogens is 312 g/mol. The molecule has 25 heavy (non-hydrogen) atoms. The van der Waals surface area contributed by atoms with Crippen molar-refractivity contribution in [2.24, 2.45) is 0 Å². The van der Waals surface area contributed by atoms with Gasteiger partial charge in [-0.25, -0.2) is 4.98 Å². The maximum atomic E-state index is 12.7. The summed E-state index contributed by atoms with van der Waals surface area (Å²) in [7, 11) is 0. The van der Waals surface area contributed by atoms with Crippen LogP contribution in [0.15, 0.2) is 59.0 Å². The van der Waals surface area contributed by atoms with E-state index in [2.05, 4.69) is 10.3 Å². The zero-order valence-corrected chi connectivity index (χ0v) is 14.2. The quantitative estimate of drug-likeness (QED) is 0.750. The fourth-order valence-electron chi connectivity index (χ4n) is 2.89. The molecule has 1 heterocycles. The Bertz CT molecular complexity index is 895. The summed E-state index contributed by atoms with van der Waals surface area (Å²) < 4.78 is 5.95. The number of rotatable bonds is 5. The highest BCUT2D eigenvalue weighted by molar-refractivity contribution is 5.94. The lowest BCUT2D eigenvalue weighted by molar-refractivity contribution is 0.0944. The van der Waals surface area contributed by atoms with Crippen molar-refractivity contribution >= 4 is 5.91 Å². The van der Waals surface area contributed by atoms with E-state index in [9.17, 15) is 4.79 Å². The Morgan fingerprint density at radius 2 is 1.84 bits per heavy atom. The summed E-state index contributed by atoms with van der Waals surface area (Å²) in [5.41, 5.74) is 3.59. The van der Waals surface area contributed by atoms with Crippen LogP contribution < -0.4 is 5.32 Å². The highest BCUT2D eigenvalue weighted by Gasteiger charge is 2.34. The van der Waals surface area contributed by atoms with Crippen LogP contribution in [-0.2, 0) is 6.54 Å². The van der Waals surface area contributed by atoms with E-state index in [0.29, 0.717) is 24.0 Å². The number of nitrogens with zero attached hydrogens (tertiary/aromatic N) is 1. The van der Waals surface area contributed by atoms with Gasteiger partial charge in [-0.1, -0.05) is 42.5 Å². The van der Waals surface area contributed by atoms with Gasteiger partial charge in [-0.15, -0.1) is 0 Å². The van der Waals surface area contributed by atoms with Crippen LogP contribution in [0.2, 0.25) is 0 Å². The number of aryl methyl sites for hydroxylation is 1. The van der Waals surface area contributed by atoms with Crippen molar-refractivity contribution < 1.29 is 9.21 Å². The van der Waals surface area contributed by atoms with Crippen molar-refractivity contribution in [1.82, 2.24) is 10.3 Å². The summed E-state index contributed by atoms with van der Waals surface area (Å²) >= 11 is 0. The monoisotopic (exact) mass is 332 g/mol. The predicted octanol–water partition coefficient (Wildman–Crippen LogP) is 4.46. The molecule has 1 N–H and O–H groups in total. The van der Waals surface area contributed by atoms with Gasteiger partial charge in [-0.2, -0.15) is 0 Å². The number of carbonyl (C=O) groups is 1. The lowest BCUT2D eigenvalue weighted by atomic mass is 10.1. The average molecular weight is 332 g/mol. The van der Waals surface area contributed by atoms with E-state index < -0.39 is 0 Å². The Morgan fingerprint density at radius 3 is 2.56 bits per heavy atom. The molecule has 1 amide bonds. The lowest BCUT2D eigenvalue weighted by Gasteiger charge is -2.07. The Labute approximate surface area is 146 Å². The molecule has 4 nitrogen and oxygen atoms in total. The molecule has 0 spiro atoms. The van der Waals surface area contributed by atoms with Crippen LogP contribution >= 0.6 is 0 Å². The summed E-state index contributed by atoms with van der Waals surface area (Å²) in [6.07, 6.45) is 2.11. The van der Waals surface area contributed by atoms with E-state index in [1.807, 2.05) is 61.5 Å². The van der Waals surface area contributed by atoms with Crippen molar-refractivity contribution in [3.8, 4) is 11.5 Å². The van der Waals surface area contributed by atoms with Crippen LogP contribution in [0.1, 0.15) is 46.1 Å². The maximum Gasteiger partial charge on any atom is 0.273 e. The van der Waals surface area contributed by atoms with Crippen LogP contribution in [0.3, 0.4) is 0 Å². The van der Waals surface area contributed by atoms with Crippen LogP contribution in [0.25, 0.3) is 11.5 Å². The Kier molecular flexibility index (Phi) is 4.10. The van der Waals surface area contributed by atoms with Crippen molar-refractivity contribution in [2.75, 3.05) is 0 Å². The number of oxazole rings is 1. The molecule has 1 aliphatic carbocycles. The maximum absolute atomic E-state index is 12.7. The number of amides is 1. The van der Waals surface area contributed by atoms with Crippen molar-refractivity contribution in [1.29, 1.82) is 0 Å². The van der Waals surface area contributed by atoms with Gasteiger partial charge >= 0.3 is 0 Å². The van der Waals surface area contributed by atoms with Crippen LogP contribution in [-0.4, -0.2) is 10.9 Å². The molecular formula is C21H20N2O2. The fraction of sp³-hybridized carbons (Fsp3) is 0.238. The third-order valence-corrected chi connectivity index (χ3v) is 4.54. The molecule has 126 valence electrons. The van der Waals surface area contributed by atoms with Gasteiger partial charge in [0.05, 0.1) is 0 Å². The van der Waals surface area contributed by atoms with Gasteiger partial charge in [0.1, 0.15) is 5.76 Å². The van der Waals surface area contributed by atoms with Crippen molar-refractivity contribution in [3.63, 3.8) is 0 Å².